The molecule has 0 unspecified atom stereocenters. The minimum Gasteiger partial charge on any atom is -0.293 e. The number of benzene rings is 2. The molecule has 3 N–H and O–H groups in total. The first-order chi connectivity index (χ1) is 9.78. The van der Waals surface area contributed by atoms with Gasteiger partial charge in [0.25, 0.3) is 0 Å². The first-order valence-electron chi connectivity index (χ1n) is 6.57. The summed E-state index contributed by atoms with van der Waals surface area (Å²) < 4.78 is 0. The number of nitrogens with zero attached hydrogens (tertiary/aromatic N) is 1. The number of carbonyl (C=O) groups is 1. The molecule has 4 heteroatoms. The molecule has 0 aliphatic rings. The van der Waals surface area contributed by atoms with Gasteiger partial charge in [0.1, 0.15) is 0 Å². The predicted molar refractivity (Wildman–Crippen MR) is 79.3 cm³/mol. The van der Waals surface area contributed by atoms with Crippen LogP contribution < -0.4 is 11.3 Å². The van der Waals surface area contributed by atoms with Gasteiger partial charge in [-0.3, -0.25) is 15.1 Å². The summed E-state index contributed by atoms with van der Waals surface area (Å²) in [6.07, 6.45) is 0. The molecule has 0 aliphatic carbocycles. The first kappa shape index (κ1) is 14.2. The number of nitrogens with one attached hydrogen (secondary N) is 1. The highest BCUT2D eigenvalue weighted by Crippen LogP contribution is 2.09. The second kappa shape index (κ2) is 7.43. The molecule has 2 rings (SSSR count). The Hall–Kier alpha value is -2.17. The molecule has 0 heterocycles. The average Bonchev–Trinajstić information content (AvgIpc) is 2.49. The molecular weight excluding hydrogens is 250 g/mol. The van der Waals surface area contributed by atoms with Crippen LogP contribution in [0.3, 0.4) is 0 Å². The van der Waals surface area contributed by atoms with Crippen molar-refractivity contribution in [1.82, 2.24) is 10.3 Å². The Morgan fingerprint density at radius 2 is 1.35 bits per heavy atom. The quantitative estimate of drug-likeness (QED) is 0.476. The molecule has 2 aromatic rings. The fourth-order valence-electron chi connectivity index (χ4n) is 2.10. The van der Waals surface area contributed by atoms with E-state index in [2.05, 4.69) is 34.6 Å². The maximum Gasteiger partial charge on any atom is 0.248 e. The molecule has 0 saturated heterocycles. The van der Waals surface area contributed by atoms with Crippen molar-refractivity contribution in [2.75, 3.05) is 6.54 Å². The van der Waals surface area contributed by atoms with Crippen molar-refractivity contribution in [2.45, 2.75) is 13.1 Å². The highest BCUT2D eigenvalue weighted by atomic mass is 16.2. The number of nitrogens with two attached hydrogens (primary N) is 1. The lowest BCUT2D eigenvalue weighted by atomic mass is 10.1. The molecule has 20 heavy (non-hydrogen) atoms. The molecule has 2 aromatic carbocycles. The summed E-state index contributed by atoms with van der Waals surface area (Å²) in [6.45, 7) is 1.70. The monoisotopic (exact) mass is 269 g/mol. The Morgan fingerprint density at radius 3 is 1.75 bits per heavy atom. The summed E-state index contributed by atoms with van der Waals surface area (Å²) in [5.41, 5.74) is 4.54. The highest BCUT2D eigenvalue weighted by Gasteiger charge is 2.11. The lowest BCUT2D eigenvalue weighted by Gasteiger charge is -2.21. The summed E-state index contributed by atoms with van der Waals surface area (Å²) in [6, 6.07) is 20.2. The molecular formula is C16H19N3O. The fraction of sp³-hybridized carbons (Fsp3) is 0.188. The van der Waals surface area contributed by atoms with Gasteiger partial charge in [0.15, 0.2) is 0 Å². The Balaban J connectivity index is 2.06. The van der Waals surface area contributed by atoms with Gasteiger partial charge in [0.05, 0.1) is 6.54 Å². The molecule has 0 saturated carbocycles. The van der Waals surface area contributed by atoms with Crippen molar-refractivity contribution < 1.29 is 4.79 Å². The van der Waals surface area contributed by atoms with Gasteiger partial charge in [0.2, 0.25) is 5.91 Å². The summed E-state index contributed by atoms with van der Waals surface area (Å²) >= 11 is 0. The maximum atomic E-state index is 11.5. The minimum atomic E-state index is -0.183. The van der Waals surface area contributed by atoms with Crippen molar-refractivity contribution in [2.24, 2.45) is 5.84 Å². The summed E-state index contributed by atoms with van der Waals surface area (Å²) in [5, 5.41) is 0. The summed E-state index contributed by atoms with van der Waals surface area (Å²) in [4.78, 5) is 13.6. The van der Waals surface area contributed by atoms with Crippen molar-refractivity contribution in [3.63, 3.8) is 0 Å². The van der Waals surface area contributed by atoms with Crippen molar-refractivity contribution in [3.05, 3.63) is 71.8 Å². The highest BCUT2D eigenvalue weighted by molar-refractivity contribution is 5.77. The Labute approximate surface area is 119 Å². The molecule has 104 valence electrons. The number of rotatable bonds is 6. The van der Waals surface area contributed by atoms with E-state index in [-0.39, 0.29) is 12.5 Å². The van der Waals surface area contributed by atoms with Crippen molar-refractivity contribution in [1.29, 1.82) is 0 Å². The van der Waals surface area contributed by atoms with Crippen LogP contribution in [-0.4, -0.2) is 17.4 Å². The third-order valence-electron chi connectivity index (χ3n) is 3.03. The van der Waals surface area contributed by atoms with E-state index in [0.717, 1.165) is 0 Å². The summed E-state index contributed by atoms with van der Waals surface area (Å²) in [5.74, 6) is 5.00. The zero-order valence-electron chi connectivity index (χ0n) is 11.3. The Bertz CT molecular complexity index is 486. The normalized spacial score (nSPS) is 10.5. The molecule has 0 spiro atoms. The van der Waals surface area contributed by atoms with Crippen LogP contribution in [0.1, 0.15) is 11.1 Å². The number of carbonyl (C=O) groups excluding carboxylic acids is 1. The molecule has 0 aliphatic heterocycles. The van der Waals surface area contributed by atoms with E-state index in [1.807, 2.05) is 36.4 Å². The number of hydrogen-bond acceptors (Lipinski definition) is 3. The zero-order chi connectivity index (χ0) is 14.2. The number of amides is 1. The van der Waals surface area contributed by atoms with Crippen LogP contribution in [0.15, 0.2) is 60.7 Å². The second-order valence-corrected chi connectivity index (χ2v) is 4.68. The lowest BCUT2D eigenvalue weighted by Crippen LogP contribution is -2.39. The standard InChI is InChI=1S/C16H19N3O/c17-18-16(20)13-19(11-14-7-3-1-4-8-14)12-15-9-5-2-6-10-15/h1-10H,11-13,17H2,(H,18,20). The van der Waals surface area contributed by atoms with Crippen LogP contribution in [-0.2, 0) is 17.9 Å². The van der Waals surface area contributed by atoms with E-state index in [1.165, 1.54) is 11.1 Å². The van der Waals surface area contributed by atoms with Gasteiger partial charge in [-0.05, 0) is 11.1 Å². The van der Waals surface area contributed by atoms with Gasteiger partial charge in [-0.25, -0.2) is 5.84 Å². The van der Waals surface area contributed by atoms with E-state index in [0.29, 0.717) is 13.1 Å². The largest absolute Gasteiger partial charge is 0.293 e. The summed E-state index contributed by atoms with van der Waals surface area (Å²) in [7, 11) is 0. The molecule has 0 bridgehead atoms. The van der Waals surface area contributed by atoms with Crippen LogP contribution in [0, 0.1) is 0 Å². The molecule has 0 fully saturated rings. The SMILES string of the molecule is NNC(=O)CN(Cc1ccccc1)Cc1ccccc1. The molecule has 0 radical (unpaired) electrons. The third kappa shape index (κ3) is 4.50. The van der Waals surface area contributed by atoms with Gasteiger partial charge in [0, 0.05) is 13.1 Å². The van der Waals surface area contributed by atoms with Crippen LogP contribution in [0.25, 0.3) is 0 Å². The van der Waals surface area contributed by atoms with E-state index in [4.69, 9.17) is 5.84 Å². The maximum absolute atomic E-state index is 11.5. The predicted octanol–water partition coefficient (Wildman–Crippen LogP) is 1.68. The third-order valence-corrected chi connectivity index (χ3v) is 3.03. The fourth-order valence-corrected chi connectivity index (χ4v) is 2.10. The smallest absolute Gasteiger partial charge is 0.248 e. The average molecular weight is 269 g/mol. The van der Waals surface area contributed by atoms with E-state index in [9.17, 15) is 4.79 Å². The van der Waals surface area contributed by atoms with E-state index < -0.39 is 0 Å². The molecule has 4 nitrogen and oxygen atoms in total. The van der Waals surface area contributed by atoms with Gasteiger partial charge in [-0.1, -0.05) is 60.7 Å². The van der Waals surface area contributed by atoms with Crippen LogP contribution in [0.2, 0.25) is 0 Å². The molecule has 0 atom stereocenters. The second-order valence-electron chi connectivity index (χ2n) is 4.68. The first-order valence-corrected chi connectivity index (χ1v) is 6.57. The van der Waals surface area contributed by atoms with Gasteiger partial charge in [-0.15, -0.1) is 0 Å². The van der Waals surface area contributed by atoms with Crippen molar-refractivity contribution in [3.8, 4) is 0 Å². The topological polar surface area (TPSA) is 58.4 Å². The lowest BCUT2D eigenvalue weighted by molar-refractivity contribution is -0.122. The minimum absolute atomic E-state index is 0.183. The van der Waals surface area contributed by atoms with Crippen LogP contribution >= 0.6 is 0 Å². The van der Waals surface area contributed by atoms with E-state index >= 15 is 0 Å². The zero-order valence-corrected chi connectivity index (χ0v) is 11.3. The van der Waals surface area contributed by atoms with Gasteiger partial charge in [-0.2, -0.15) is 0 Å². The van der Waals surface area contributed by atoms with Crippen molar-refractivity contribution >= 4 is 5.91 Å². The number of hydrogen-bond donors (Lipinski definition) is 2. The Kier molecular flexibility index (Phi) is 5.29. The van der Waals surface area contributed by atoms with Crippen LogP contribution in [0.5, 0.6) is 0 Å². The van der Waals surface area contributed by atoms with Crippen LogP contribution in [0.4, 0.5) is 0 Å². The van der Waals surface area contributed by atoms with Gasteiger partial charge >= 0.3 is 0 Å². The number of hydrazine groups is 1. The van der Waals surface area contributed by atoms with Gasteiger partial charge < -0.3 is 0 Å². The van der Waals surface area contributed by atoms with E-state index in [1.54, 1.807) is 0 Å². The Morgan fingerprint density at radius 1 is 0.900 bits per heavy atom. The molecule has 0 aromatic heterocycles. The molecule has 1 amide bonds.